The number of hydrogen-bond donors (Lipinski definition) is 0. The van der Waals surface area contributed by atoms with Crippen molar-refractivity contribution in [3.63, 3.8) is 0 Å². The number of benzene rings is 3. The van der Waals surface area contributed by atoms with Gasteiger partial charge in [-0.25, -0.2) is 4.39 Å². The molecule has 0 N–H and O–H groups in total. The Morgan fingerprint density at radius 3 is 2.47 bits per heavy atom. The minimum Gasteiger partial charge on any atom is -0.488 e. The molecule has 1 saturated heterocycles. The summed E-state index contributed by atoms with van der Waals surface area (Å²) in [5.74, 6) is -0.514. The second-order valence-corrected chi connectivity index (χ2v) is 8.76. The second-order valence-electron chi connectivity index (χ2n) is 6.92. The summed E-state index contributed by atoms with van der Waals surface area (Å²) in [5, 5.41) is 0.315. The van der Waals surface area contributed by atoms with E-state index < -0.39 is 17.0 Å². The lowest BCUT2D eigenvalue weighted by molar-refractivity contribution is -0.123. The standard InChI is InChI=1S/C24H16Cl2FNO3S/c25-17-10-8-15(9-11-17)14-31-21-7-2-1-4-16(21)12-22-23(29)28(24(30)32-22)13-18-19(26)5-3-6-20(18)27/h1-12H,13-14H2. The maximum Gasteiger partial charge on any atom is 0.293 e. The zero-order chi connectivity index (χ0) is 22.7. The molecule has 1 aliphatic rings. The molecule has 2 amide bonds. The molecule has 0 radical (unpaired) electrons. The van der Waals surface area contributed by atoms with Gasteiger partial charge in [0.1, 0.15) is 18.2 Å². The van der Waals surface area contributed by atoms with Crippen LogP contribution in [0.2, 0.25) is 10.0 Å². The molecular weight excluding hydrogens is 472 g/mol. The third-order valence-electron chi connectivity index (χ3n) is 4.76. The van der Waals surface area contributed by atoms with Crippen LogP contribution in [0.1, 0.15) is 16.7 Å². The molecular formula is C24H16Cl2FNO3S. The molecule has 4 nitrogen and oxygen atoms in total. The maximum atomic E-state index is 14.1. The molecule has 1 aliphatic heterocycles. The SMILES string of the molecule is O=C1SC(=Cc2ccccc2OCc2ccc(Cl)cc2)C(=O)N1Cc1c(F)cccc1Cl. The predicted molar refractivity (Wildman–Crippen MR) is 125 cm³/mol. The number of carbonyl (C=O) groups is 2. The van der Waals surface area contributed by atoms with Gasteiger partial charge in [-0.05, 0) is 53.7 Å². The lowest BCUT2D eigenvalue weighted by atomic mass is 10.1. The van der Waals surface area contributed by atoms with Gasteiger partial charge in [-0.1, -0.05) is 59.6 Å². The number of thioether (sulfide) groups is 1. The van der Waals surface area contributed by atoms with Crippen LogP contribution in [0.15, 0.2) is 71.6 Å². The summed E-state index contributed by atoms with van der Waals surface area (Å²) in [6.45, 7) is 0.0809. The van der Waals surface area contributed by atoms with Gasteiger partial charge in [0, 0.05) is 21.2 Å². The van der Waals surface area contributed by atoms with Crippen molar-refractivity contribution in [1.82, 2.24) is 4.90 Å². The highest BCUT2D eigenvalue weighted by Crippen LogP contribution is 2.36. The van der Waals surface area contributed by atoms with Gasteiger partial charge in [0.25, 0.3) is 11.1 Å². The van der Waals surface area contributed by atoms with Crippen molar-refractivity contribution in [1.29, 1.82) is 0 Å². The fraction of sp³-hybridized carbons (Fsp3) is 0.0833. The van der Waals surface area contributed by atoms with E-state index in [1.54, 1.807) is 30.3 Å². The van der Waals surface area contributed by atoms with E-state index in [4.69, 9.17) is 27.9 Å². The number of rotatable bonds is 6. The average Bonchev–Trinajstić information content (AvgIpc) is 3.04. The van der Waals surface area contributed by atoms with Gasteiger partial charge in [-0.3, -0.25) is 14.5 Å². The summed E-state index contributed by atoms with van der Waals surface area (Å²) < 4.78 is 20.0. The number of ether oxygens (including phenoxy) is 1. The van der Waals surface area contributed by atoms with Gasteiger partial charge in [0.15, 0.2) is 0 Å². The Balaban J connectivity index is 1.53. The lowest BCUT2D eigenvalue weighted by Crippen LogP contribution is -2.28. The first-order valence-corrected chi connectivity index (χ1v) is 11.1. The number of carbonyl (C=O) groups excluding carboxylic acids is 2. The van der Waals surface area contributed by atoms with E-state index in [0.29, 0.717) is 22.9 Å². The van der Waals surface area contributed by atoms with Gasteiger partial charge >= 0.3 is 0 Å². The zero-order valence-corrected chi connectivity index (χ0v) is 18.9. The summed E-state index contributed by atoms with van der Waals surface area (Å²) in [6.07, 6.45) is 1.60. The molecule has 0 unspecified atom stereocenters. The third kappa shape index (κ3) is 4.99. The van der Waals surface area contributed by atoms with E-state index >= 15 is 0 Å². The van der Waals surface area contributed by atoms with E-state index in [2.05, 4.69) is 0 Å². The fourth-order valence-electron chi connectivity index (χ4n) is 3.09. The van der Waals surface area contributed by atoms with Gasteiger partial charge in [-0.15, -0.1) is 0 Å². The van der Waals surface area contributed by atoms with Crippen LogP contribution in [-0.4, -0.2) is 16.0 Å². The smallest absolute Gasteiger partial charge is 0.293 e. The van der Waals surface area contributed by atoms with Crippen molar-refractivity contribution in [2.24, 2.45) is 0 Å². The number of nitrogens with zero attached hydrogens (tertiary/aromatic N) is 1. The summed E-state index contributed by atoms with van der Waals surface area (Å²) >= 11 is 12.8. The largest absolute Gasteiger partial charge is 0.488 e. The van der Waals surface area contributed by atoms with Crippen LogP contribution >= 0.6 is 35.0 Å². The molecule has 0 aromatic heterocycles. The van der Waals surface area contributed by atoms with Crippen LogP contribution in [0.5, 0.6) is 5.75 Å². The van der Waals surface area contributed by atoms with Crippen LogP contribution < -0.4 is 4.74 Å². The van der Waals surface area contributed by atoms with Gasteiger partial charge in [0.05, 0.1) is 11.4 Å². The number of para-hydroxylation sites is 1. The molecule has 0 bridgehead atoms. The monoisotopic (exact) mass is 487 g/mol. The number of hydrogen-bond acceptors (Lipinski definition) is 4. The first kappa shape index (κ1) is 22.4. The van der Waals surface area contributed by atoms with Crippen molar-refractivity contribution >= 4 is 52.2 Å². The Bertz CT molecular complexity index is 1190. The Hall–Kier alpha value is -2.80. The van der Waals surface area contributed by atoms with E-state index in [9.17, 15) is 14.0 Å². The summed E-state index contributed by atoms with van der Waals surface area (Å²) in [5.41, 5.74) is 1.69. The average molecular weight is 488 g/mol. The normalized spacial score (nSPS) is 15.0. The van der Waals surface area contributed by atoms with E-state index in [0.717, 1.165) is 22.2 Å². The van der Waals surface area contributed by atoms with E-state index in [1.807, 2.05) is 24.3 Å². The second kappa shape index (κ2) is 9.77. The highest BCUT2D eigenvalue weighted by molar-refractivity contribution is 8.18. The lowest BCUT2D eigenvalue weighted by Gasteiger charge is -2.14. The Morgan fingerprint density at radius 2 is 1.72 bits per heavy atom. The molecule has 0 saturated carbocycles. The number of halogens is 3. The topological polar surface area (TPSA) is 46.6 Å². The maximum absolute atomic E-state index is 14.1. The molecule has 0 atom stereocenters. The molecule has 3 aromatic rings. The van der Waals surface area contributed by atoms with Crippen molar-refractivity contribution in [2.45, 2.75) is 13.2 Å². The van der Waals surface area contributed by atoms with Gasteiger partial charge in [0.2, 0.25) is 0 Å². The molecule has 32 heavy (non-hydrogen) atoms. The molecule has 1 heterocycles. The van der Waals surface area contributed by atoms with Crippen molar-refractivity contribution in [2.75, 3.05) is 0 Å². The molecule has 8 heteroatoms. The number of imide groups is 1. The van der Waals surface area contributed by atoms with E-state index in [-0.39, 0.29) is 22.0 Å². The Kier molecular flexibility index (Phi) is 6.84. The highest BCUT2D eigenvalue weighted by Gasteiger charge is 2.36. The first-order valence-electron chi connectivity index (χ1n) is 9.57. The zero-order valence-electron chi connectivity index (χ0n) is 16.6. The van der Waals surface area contributed by atoms with Crippen LogP contribution in [-0.2, 0) is 17.9 Å². The molecule has 4 rings (SSSR count). The summed E-state index contributed by atoms with van der Waals surface area (Å²) in [6, 6.07) is 18.7. The minimum absolute atomic E-state index is 0.101. The molecule has 3 aromatic carbocycles. The fourth-order valence-corrected chi connectivity index (χ4v) is 4.27. The molecule has 1 fully saturated rings. The quantitative estimate of drug-likeness (QED) is 0.353. The minimum atomic E-state index is -0.568. The third-order valence-corrected chi connectivity index (χ3v) is 6.28. The highest BCUT2D eigenvalue weighted by atomic mass is 35.5. The Morgan fingerprint density at radius 1 is 0.969 bits per heavy atom. The van der Waals surface area contributed by atoms with Gasteiger partial charge < -0.3 is 4.74 Å². The van der Waals surface area contributed by atoms with Crippen molar-refractivity contribution in [3.05, 3.63) is 104 Å². The summed E-state index contributed by atoms with van der Waals surface area (Å²) in [4.78, 5) is 26.5. The van der Waals surface area contributed by atoms with Crippen molar-refractivity contribution in [3.8, 4) is 5.75 Å². The molecule has 0 aliphatic carbocycles. The molecule has 0 spiro atoms. The van der Waals surface area contributed by atoms with Crippen LogP contribution in [0.4, 0.5) is 9.18 Å². The van der Waals surface area contributed by atoms with Crippen LogP contribution in [0.25, 0.3) is 6.08 Å². The predicted octanol–water partition coefficient (Wildman–Crippen LogP) is 6.95. The number of amides is 2. The Labute approximate surface area is 198 Å². The van der Waals surface area contributed by atoms with Crippen molar-refractivity contribution < 1.29 is 18.7 Å². The van der Waals surface area contributed by atoms with E-state index in [1.165, 1.54) is 18.2 Å². The van der Waals surface area contributed by atoms with Crippen LogP contribution in [0.3, 0.4) is 0 Å². The van der Waals surface area contributed by atoms with Gasteiger partial charge in [-0.2, -0.15) is 0 Å². The molecule has 162 valence electrons. The summed E-state index contributed by atoms with van der Waals surface area (Å²) in [7, 11) is 0. The first-order chi connectivity index (χ1) is 15.4. The van der Waals surface area contributed by atoms with Crippen LogP contribution in [0, 0.1) is 5.82 Å².